The minimum atomic E-state index is -0.775. The van der Waals surface area contributed by atoms with E-state index in [9.17, 15) is 9.59 Å². The topological polar surface area (TPSA) is 68.2 Å². The number of nitrogens with zero attached hydrogens (tertiary/aromatic N) is 2. The number of cyclic esters (lactones) is 1. The largest absolute Gasteiger partial charge is 0.463 e. The number of esters is 2. The summed E-state index contributed by atoms with van der Waals surface area (Å²) in [5, 5.41) is 6.30. The lowest BCUT2D eigenvalue weighted by Crippen LogP contribution is -2.22. The lowest BCUT2D eigenvalue weighted by atomic mass is 10.2. The molecule has 0 saturated carbocycles. The molecule has 1 aromatic rings. The van der Waals surface area contributed by atoms with Gasteiger partial charge in [-0.25, -0.2) is 9.59 Å². The van der Waals surface area contributed by atoms with Gasteiger partial charge in [0.25, 0.3) is 0 Å². The quantitative estimate of drug-likeness (QED) is 0.793. The molecule has 1 fully saturated rings. The van der Waals surface area contributed by atoms with Crippen LogP contribution in [0.5, 0.6) is 0 Å². The van der Waals surface area contributed by atoms with Crippen LogP contribution in [0.3, 0.4) is 0 Å². The second kappa shape index (κ2) is 5.55. The molecule has 0 bridgehead atoms. The maximum atomic E-state index is 12.0. The predicted octanol–water partition coefficient (Wildman–Crippen LogP) is 1.74. The summed E-state index contributed by atoms with van der Waals surface area (Å²) in [6, 6.07) is 7.01. The van der Waals surface area contributed by atoms with E-state index < -0.39 is 18.0 Å². The number of benzene rings is 1. The highest BCUT2D eigenvalue weighted by molar-refractivity contribution is 5.92. The number of hydrazone groups is 1. The number of hydrogen-bond acceptors (Lipinski definition) is 6. The van der Waals surface area contributed by atoms with Crippen LogP contribution < -0.4 is 5.01 Å². The summed E-state index contributed by atoms with van der Waals surface area (Å²) in [7, 11) is 0. The third kappa shape index (κ3) is 2.89. The van der Waals surface area contributed by atoms with Crippen molar-refractivity contribution in [3.05, 3.63) is 29.8 Å². The predicted molar refractivity (Wildman–Crippen MR) is 76.3 cm³/mol. The molecule has 0 unspecified atom stereocenters. The Hall–Kier alpha value is -2.37. The first-order valence-electron chi connectivity index (χ1n) is 6.93. The van der Waals surface area contributed by atoms with Gasteiger partial charge in [0, 0.05) is 25.1 Å². The monoisotopic (exact) mass is 288 g/mol. The van der Waals surface area contributed by atoms with E-state index in [1.807, 2.05) is 24.1 Å². The van der Waals surface area contributed by atoms with Gasteiger partial charge in [-0.15, -0.1) is 0 Å². The summed E-state index contributed by atoms with van der Waals surface area (Å²) >= 11 is 0. The third-order valence-corrected chi connectivity index (χ3v) is 3.51. The molecule has 2 aliphatic heterocycles. The van der Waals surface area contributed by atoms with Gasteiger partial charge in [-0.2, -0.15) is 5.10 Å². The molecule has 1 aromatic carbocycles. The van der Waals surface area contributed by atoms with Crippen LogP contribution in [0.25, 0.3) is 0 Å². The molecule has 0 radical (unpaired) electrons. The van der Waals surface area contributed by atoms with Gasteiger partial charge in [0.15, 0.2) is 0 Å². The van der Waals surface area contributed by atoms with E-state index in [1.165, 1.54) is 0 Å². The van der Waals surface area contributed by atoms with Crippen LogP contribution in [-0.2, 0) is 14.3 Å². The summed E-state index contributed by atoms with van der Waals surface area (Å²) in [5.74, 6) is -0.978. The molecular weight excluding hydrogens is 272 g/mol. The molecule has 2 aliphatic rings. The SMILES string of the molecule is CC1=NN(c2ccc(C(=O)O[C@@H]3CCOC3=O)cc2)CC1. The maximum Gasteiger partial charge on any atom is 0.347 e. The third-order valence-electron chi connectivity index (χ3n) is 3.51. The molecule has 3 rings (SSSR count). The van der Waals surface area contributed by atoms with E-state index in [0.29, 0.717) is 18.6 Å². The van der Waals surface area contributed by atoms with E-state index in [2.05, 4.69) is 5.10 Å². The average molecular weight is 288 g/mol. The molecule has 0 N–H and O–H groups in total. The number of carbonyl (C=O) groups excluding carboxylic acids is 2. The minimum Gasteiger partial charge on any atom is -0.463 e. The number of ether oxygens (including phenoxy) is 2. The van der Waals surface area contributed by atoms with Gasteiger partial charge >= 0.3 is 11.9 Å². The van der Waals surface area contributed by atoms with Gasteiger partial charge in [-0.05, 0) is 31.2 Å². The van der Waals surface area contributed by atoms with Gasteiger partial charge in [0.1, 0.15) is 0 Å². The second-order valence-corrected chi connectivity index (χ2v) is 5.11. The first-order chi connectivity index (χ1) is 10.1. The van der Waals surface area contributed by atoms with Crippen LogP contribution in [-0.4, -0.2) is 36.9 Å². The van der Waals surface area contributed by atoms with Crippen molar-refractivity contribution in [1.29, 1.82) is 0 Å². The van der Waals surface area contributed by atoms with Crippen LogP contribution in [0, 0.1) is 0 Å². The fourth-order valence-corrected chi connectivity index (χ4v) is 2.31. The van der Waals surface area contributed by atoms with Gasteiger partial charge < -0.3 is 9.47 Å². The Labute approximate surface area is 122 Å². The van der Waals surface area contributed by atoms with E-state index in [0.717, 1.165) is 24.4 Å². The Morgan fingerprint density at radius 3 is 2.71 bits per heavy atom. The number of hydrogen-bond donors (Lipinski definition) is 0. The molecular formula is C15H16N2O4. The molecule has 1 atom stereocenters. The lowest BCUT2D eigenvalue weighted by molar-refractivity contribution is -0.145. The van der Waals surface area contributed by atoms with Crippen LogP contribution in [0.15, 0.2) is 29.4 Å². The Balaban J connectivity index is 1.66. The Morgan fingerprint density at radius 2 is 2.14 bits per heavy atom. The molecule has 2 heterocycles. The van der Waals surface area contributed by atoms with Crippen molar-refractivity contribution in [3.63, 3.8) is 0 Å². The molecule has 0 aromatic heterocycles. The summed E-state index contributed by atoms with van der Waals surface area (Å²) in [5.41, 5.74) is 2.44. The van der Waals surface area contributed by atoms with Gasteiger partial charge in [-0.3, -0.25) is 5.01 Å². The normalized spacial score (nSPS) is 21.2. The Kier molecular flexibility index (Phi) is 3.60. The van der Waals surface area contributed by atoms with Crippen molar-refractivity contribution in [3.8, 4) is 0 Å². The smallest absolute Gasteiger partial charge is 0.347 e. The van der Waals surface area contributed by atoms with E-state index in [4.69, 9.17) is 9.47 Å². The number of anilines is 1. The fourth-order valence-electron chi connectivity index (χ4n) is 2.31. The zero-order chi connectivity index (χ0) is 14.8. The molecule has 0 aliphatic carbocycles. The highest BCUT2D eigenvalue weighted by Crippen LogP contribution is 2.21. The highest BCUT2D eigenvalue weighted by atomic mass is 16.6. The fraction of sp³-hybridized carbons (Fsp3) is 0.400. The summed E-state index contributed by atoms with van der Waals surface area (Å²) in [4.78, 5) is 23.2. The van der Waals surface area contributed by atoms with Crippen molar-refractivity contribution < 1.29 is 19.1 Å². The first kappa shape index (κ1) is 13.6. The van der Waals surface area contributed by atoms with Crippen molar-refractivity contribution in [1.82, 2.24) is 0 Å². The van der Waals surface area contributed by atoms with E-state index >= 15 is 0 Å². The molecule has 6 heteroatoms. The standard InChI is InChI=1S/C15H16N2O4/c1-10-6-8-17(16-10)12-4-2-11(3-5-12)14(18)21-13-7-9-20-15(13)19/h2-5,13H,6-9H2,1H3/t13-/m1/s1. The van der Waals surface area contributed by atoms with Crippen LogP contribution in [0.2, 0.25) is 0 Å². The summed E-state index contributed by atoms with van der Waals surface area (Å²) in [6.07, 6.45) is 0.598. The minimum absolute atomic E-state index is 0.308. The highest BCUT2D eigenvalue weighted by Gasteiger charge is 2.30. The van der Waals surface area contributed by atoms with Crippen molar-refractivity contribution in [2.24, 2.45) is 5.10 Å². The van der Waals surface area contributed by atoms with Crippen molar-refractivity contribution in [2.75, 3.05) is 18.2 Å². The van der Waals surface area contributed by atoms with Crippen LogP contribution in [0.1, 0.15) is 30.1 Å². The zero-order valence-corrected chi connectivity index (χ0v) is 11.7. The van der Waals surface area contributed by atoms with E-state index in [-0.39, 0.29) is 0 Å². The molecule has 6 nitrogen and oxygen atoms in total. The number of carbonyl (C=O) groups is 2. The van der Waals surface area contributed by atoms with Crippen LogP contribution in [0.4, 0.5) is 5.69 Å². The second-order valence-electron chi connectivity index (χ2n) is 5.11. The Bertz CT molecular complexity index is 594. The van der Waals surface area contributed by atoms with E-state index in [1.54, 1.807) is 12.1 Å². The maximum absolute atomic E-state index is 12.0. The molecule has 21 heavy (non-hydrogen) atoms. The number of rotatable bonds is 3. The summed E-state index contributed by atoms with van der Waals surface area (Å²) < 4.78 is 9.90. The van der Waals surface area contributed by atoms with Gasteiger partial charge in [-0.1, -0.05) is 0 Å². The van der Waals surface area contributed by atoms with Crippen molar-refractivity contribution >= 4 is 23.3 Å². The van der Waals surface area contributed by atoms with Gasteiger partial charge in [0.2, 0.25) is 6.10 Å². The Morgan fingerprint density at radius 1 is 1.38 bits per heavy atom. The summed E-state index contributed by atoms with van der Waals surface area (Å²) in [6.45, 7) is 3.15. The molecule has 0 amide bonds. The molecule has 0 spiro atoms. The van der Waals surface area contributed by atoms with Crippen molar-refractivity contribution in [2.45, 2.75) is 25.9 Å². The molecule has 110 valence electrons. The van der Waals surface area contributed by atoms with Crippen LogP contribution >= 0.6 is 0 Å². The van der Waals surface area contributed by atoms with Gasteiger partial charge in [0.05, 0.1) is 17.9 Å². The first-order valence-corrected chi connectivity index (χ1v) is 6.93. The lowest BCUT2D eigenvalue weighted by Gasteiger charge is -2.14. The average Bonchev–Trinajstić information content (AvgIpc) is 3.08. The molecule has 1 saturated heterocycles. The zero-order valence-electron chi connectivity index (χ0n) is 11.7.